The lowest BCUT2D eigenvalue weighted by Gasteiger charge is -2.20. The molecule has 1 atom stereocenters. The van der Waals surface area contributed by atoms with Gasteiger partial charge in [-0.1, -0.05) is 18.2 Å². The first-order valence-electron chi connectivity index (χ1n) is 7.04. The molecule has 1 heterocycles. The number of carboxylic acids is 1. The van der Waals surface area contributed by atoms with Crippen LogP contribution in [0.25, 0.3) is 0 Å². The van der Waals surface area contributed by atoms with Gasteiger partial charge in [-0.3, -0.25) is 4.79 Å². The molecule has 1 aliphatic heterocycles. The zero-order valence-corrected chi connectivity index (χ0v) is 11.9. The predicted molar refractivity (Wildman–Crippen MR) is 79.6 cm³/mol. The van der Waals surface area contributed by atoms with Crippen LogP contribution in [0.4, 0.5) is 0 Å². The molecule has 0 aromatic heterocycles. The lowest BCUT2D eigenvalue weighted by Crippen LogP contribution is -2.18. The monoisotopic (exact) mass is 300 g/mol. The summed E-state index contributed by atoms with van der Waals surface area (Å²) in [5, 5.41) is 19.0. The van der Waals surface area contributed by atoms with Gasteiger partial charge >= 0.3 is 5.97 Å². The normalized spacial score (nSPS) is 14.4. The summed E-state index contributed by atoms with van der Waals surface area (Å²) in [6, 6.07) is 11.8. The molecule has 1 unspecified atom stereocenters. The molecule has 22 heavy (non-hydrogen) atoms. The Morgan fingerprint density at radius 3 is 2.59 bits per heavy atom. The number of aromatic hydroxyl groups is 1. The number of carbonyl (C=O) groups is 1. The number of carboxylic acid groups (broad SMARTS) is 1. The van der Waals surface area contributed by atoms with Crippen molar-refractivity contribution in [2.24, 2.45) is 0 Å². The van der Waals surface area contributed by atoms with E-state index in [2.05, 4.69) is 0 Å². The Bertz CT molecular complexity index is 695. The van der Waals surface area contributed by atoms with Gasteiger partial charge in [-0.25, -0.2) is 0 Å². The van der Waals surface area contributed by atoms with Gasteiger partial charge in [0, 0.05) is 0 Å². The standard InChI is InChI=1S/C17H16O5/c18-13-3-1-2-11(8-13)9-14(17(19)20)12-4-5-15-16(10-12)22-7-6-21-15/h1-5,8,10,14,18H,6-7,9H2,(H,19,20). The highest BCUT2D eigenvalue weighted by Gasteiger charge is 2.23. The smallest absolute Gasteiger partial charge is 0.311 e. The van der Waals surface area contributed by atoms with E-state index in [0.717, 1.165) is 5.56 Å². The van der Waals surface area contributed by atoms with Crippen LogP contribution in [-0.4, -0.2) is 29.4 Å². The number of ether oxygens (including phenoxy) is 2. The van der Waals surface area contributed by atoms with Crippen LogP contribution in [0.5, 0.6) is 17.2 Å². The van der Waals surface area contributed by atoms with Crippen molar-refractivity contribution >= 4 is 5.97 Å². The van der Waals surface area contributed by atoms with Crippen molar-refractivity contribution in [1.82, 2.24) is 0 Å². The first-order valence-corrected chi connectivity index (χ1v) is 7.04. The zero-order chi connectivity index (χ0) is 15.5. The summed E-state index contributed by atoms with van der Waals surface area (Å²) in [6.45, 7) is 0.957. The molecule has 0 saturated carbocycles. The van der Waals surface area contributed by atoms with Gasteiger partial charge in [0.1, 0.15) is 19.0 Å². The molecule has 1 aliphatic rings. The van der Waals surface area contributed by atoms with Crippen LogP contribution < -0.4 is 9.47 Å². The SMILES string of the molecule is O=C(O)C(Cc1cccc(O)c1)c1ccc2c(c1)OCCO2. The summed E-state index contributed by atoms with van der Waals surface area (Å²) < 4.78 is 11.0. The molecule has 0 radical (unpaired) electrons. The number of rotatable bonds is 4. The van der Waals surface area contributed by atoms with Gasteiger partial charge in [-0.2, -0.15) is 0 Å². The molecule has 0 spiro atoms. The third-order valence-corrected chi connectivity index (χ3v) is 3.62. The summed E-state index contributed by atoms with van der Waals surface area (Å²) in [6.07, 6.45) is 0.295. The summed E-state index contributed by atoms with van der Waals surface area (Å²) in [5.41, 5.74) is 1.42. The maximum Gasteiger partial charge on any atom is 0.311 e. The number of hydrogen-bond donors (Lipinski definition) is 2. The maximum atomic E-state index is 11.6. The molecular weight excluding hydrogens is 284 g/mol. The number of hydrogen-bond acceptors (Lipinski definition) is 4. The second-order valence-corrected chi connectivity index (χ2v) is 5.17. The third-order valence-electron chi connectivity index (χ3n) is 3.62. The van der Waals surface area contributed by atoms with E-state index >= 15 is 0 Å². The number of phenolic OH excluding ortho intramolecular Hbond substituents is 1. The first kappa shape index (κ1) is 14.3. The Hall–Kier alpha value is -2.69. The Morgan fingerprint density at radius 1 is 1.09 bits per heavy atom. The molecule has 5 heteroatoms. The summed E-state index contributed by atoms with van der Waals surface area (Å²) in [5.74, 6) is -0.288. The Labute approximate surface area is 127 Å². The number of aliphatic carboxylic acids is 1. The van der Waals surface area contributed by atoms with E-state index in [0.29, 0.717) is 36.7 Å². The summed E-state index contributed by atoms with van der Waals surface area (Å²) in [4.78, 5) is 11.6. The van der Waals surface area contributed by atoms with Crippen molar-refractivity contribution < 1.29 is 24.5 Å². The van der Waals surface area contributed by atoms with Gasteiger partial charge in [0.05, 0.1) is 5.92 Å². The second kappa shape index (κ2) is 5.97. The van der Waals surface area contributed by atoms with Crippen molar-refractivity contribution in [2.75, 3.05) is 13.2 Å². The molecule has 114 valence electrons. The van der Waals surface area contributed by atoms with Gasteiger partial charge in [0.2, 0.25) is 0 Å². The highest BCUT2D eigenvalue weighted by atomic mass is 16.6. The summed E-state index contributed by atoms with van der Waals surface area (Å²) >= 11 is 0. The molecule has 0 fully saturated rings. The molecule has 0 amide bonds. The van der Waals surface area contributed by atoms with Crippen molar-refractivity contribution in [3.05, 3.63) is 53.6 Å². The molecule has 2 aromatic carbocycles. The number of fused-ring (bicyclic) bond motifs is 1. The Kier molecular flexibility index (Phi) is 3.87. The van der Waals surface area contributed by atoms with E-state index in [1.54, 1.807) is 42.5 Å². The molecule has 2 aromatic rings. The average molecular weight is 300 g/mol. The van der Waals surface area contributed by atoms with Crippen LogP contribution in [-0.2, 0) is 11.2 Å². The van der Waals surface area contributed by atoms with Crippen molar-refractivity contribution in [3.8, 4) is 17.2 Å². The maximum absolute atomic E-state index is 11.6. The molecule has 0 aliphatic carbocycles. The second-order valence-electron chi connectivity index (χ2n) is 5.17. The van der Waals surface area contributed by atoms with Gasteiger partial charge in [0.25, 0.3) is 0 Å². The molecule has 0 bridgehead atoms. The van der Waals surface area contributed by atoms with Crippen LogP contribution in [0, 0.1) is 0 Å². The van der Waals surface area contributed by atoms with E-state index < -0.39 is 11.9 Å². The number of phenols is 1. The minimum Gasteiger partial charge on any atom is -0.508 e. The minimum absolute atomic E-state index is 0.129. The molecular formula is C17H16O5. The van der Waals surface area contributed by atoms with Crippen molar-refractivity contribution in [2.45, 2.75) is 12.3 Å². The van der Waals surface area contributed by atoms with Gasteiger partial charge in [0.15, 0.2) is 11.5 Å². The molecule has 2 N–H and O–H groups in total. The van der Waals surface area contributed by atoms with E-state index in [-0.39, 0.29) is 5.75 Å². The fourth-order valence-corrected chi connectivity index (χ4v) is 2.54. The quantitative estimate of drug-likeness (QED) is 0.907. The Balaban J connectivity index is 1.89. The van der Waals surface area contributed by atoms with E-state index in [9.17, 15) is 15.0 Å². The largest absolute Gasteiger partial charge is 0.508 e. The molecule has 5 nitrogen and oxygen atoms in total. The lowest BCUT2D eigenvalue weighted by molar-refractivity contribution is -0.138. The number of benzene rings is 2. The predicted octanol–water partition coefficient (Wildman–Crippen LogP) is 2.57. The topological polar surface area (TPSA) is 76.0 Å². The Morgan fingerprint density at radius 2 is 1.86 bits per heavy atom. The molecule has 3 rings (SSSR count). The van der Waals surface area contributed by atoms with Gasteiger partial charge < -0.3 is 19.7 Å². The van der Waals surface area contributed by atoms with Gasteiger partial charge in [-0.15, -0.1) is 0 Å². The van der Waals surface area contributed by atoms with Crippen LogP contribution >= 0.6 is 0 Å². The fraction of sp³-hybridized carbons (Fsp3) is 0.235. The first-order chi connectivity index (χ1) is 10.6. The van der Waals surface area contributed by atoms with Gasteiger partial charge in [-0.05, 0) is 41.8 Å². The fourth-order valence-electron chi connectivity index (χ4n) is 2.54. The van der Waals surface area contributed by atoms with Crippen LogP contribution in [0.1, 0.15) is 17.0 Å². The van der Waals surface area contributed by atoms with Crippen LogP contribution in [0.2, 0.25) is 0 Å². The van der Waals surface area contributed by atoms with E-state index in [4.69, 9.17) is 9.47 Å². The summed E-state index contributed by atoms with van der Waals surface area (Å²) in [7, 11) is 0. The lowest BCUT2D eigenvalue weighted by atomic mass is 9.91. The van der Waals surface area contributed by atoms with Crippen LogP contribution in [0.15, 0.2) is 42.5 Å². The van der Waals surface area contributed by atoms with E-state index in [1.165, 1.54) is 0 Å². The van der Waals surface area contributed by atoms with E-state index in [1.807, 2.05) is 0 Å². The van der Waals surface area contributed by atoms with Crippen molar-refractivity contribution in [3.63, 3.8) is 0 Å². The van der Waals surface area contributed by atoms with Crippen LogP contribution in [0.3, 0.4) is 0 Å². The average Bonchev–Trinajstić information content (AvgIpc) is 2.52. The zero-order valence-electron chi connectivity index (χ0n) is 11.9. The minimum atomic E-state index is -0.917. The highest BCUT2D eigenvalue weighted by molar-refractivity contribution is 5.77. The van der Waals surface area contributed by atoms with Crippen molar-refractivity contribution in [1.29, 1.82) is 0 Å². The molecule has 0 saturated heterocycles. The highest BCUT2D eigenvalue weighted by Crippen LogP contribution is 2.34. The third kappa shape index (κ3) is 2.98.